The second-order valence-corrected chi connectivity index (χ2v) is 5.53. The van der Waals surface area contributed by atoms with E-state index in [1.165, 1.54) is 11.1 Å². The number of hydrogen-bond donors (Lipinski definition) is 1. The molecule has 0 fully saturated rings. The molecule has 1 N–H and O–H groups in total. The summed E-state index contributed by atoms with van der Waals surface area (Å²) in [5, 5.41) is 7.78. The van der Waals surface area contributed by atoms with Crippen molar-refractivity contribution in [2.75, 3.05) is 0 Å². The van der Waals surface area contributed by atoms with Gasteiger partial charge in [0.15, 0.2) is 0 Å². The summed E-state index contributed by atoms with van der Waals surface area (Å²) in [7, 11) is 1.94. The minimum atomic E-state index is 0.285. The van der Waals surface area contributed by atoms with E-state index in [2.05, 4.69) is 58.4 Å². The fourth-order valence-corrected chi connectivity index (χ4v) is 2.42. The van der Waals surface area contributed by atoms with Gasteiger partial charge in [0.2, 0.25) is 0 Å². The van der Waals surface area contributed by atoms with E-state index >= 15 is 0 Å². The highest BCUT2D eigenvalue weighted by Gasteiger charge is 2.12. The highest BCUT2D eigenvalue weighted by Crippen LogP contribution is 2.21. The molecule has 2 atom stereocenters. The van der Waals surface area contributed by atoms with Crippen LogP contribution in [0.1, 0.15) is 37.1 Å². The van der Waals surface area contributed by atoms with Crippen molar-refractivity contribution >= 4 is 15.9 Å². The summed E-state index contributed by atoms with van der Waals surface area (Å²) in [4.78, 5) is 0. The highest BCUT2D eigenvalue weighted by molar-refractivity contribution is 9.10. The van der Waals surface area contributed by atoms with Crippen LogP contribution in [0.15, 0.2) is 41.1 Å². The van der Waals surface area contributed by atoms with E-state index in [1.807, 2.05) is 30.2 Å². The van der Waals surface area contributed by atoms with Crippen LogP contribution >= 0.6 is 15.9 Å². The minimum Gasteiger partial charge on any atom is -0.304 e. The van der Waals surface area contributed by atoms with E-state index in [9.17, 15) is 0 Å². The molecule has 0 saturated heterocycles. The van der Waals surface area contributed by atoms with Crippen molar-refractivity contribution in [3.63, 3.8) is 0 Å². The Bertz CT molecular complexity index is 521. The van der Waals surface area contributed by atoms with Gasteiger partial charge in [-0.3, -0.25) is 4.68 Å². The first-order chi connectivity index (χ1) is 8.56. The van der Waals surface area contributed by atoms with Gasteiger partial charge in [0.05, 0.1) is 6.20 Å². The van der Waals surface area contributed by atoms with E-state index < -0.39 is 0 Å². The van der Waals surface area contributed by atoms with Gasteiger partial charge in [-0.05, 0) is 31.5 Å². The van der Waals surface area contributed by atoms with E-state index in [0.29, 0.717) is 6.04 Å². The van der Waals surface area contributed by atoms with Crippen molar-refractivity contribution in [3.8, 4) is 0 Å². The number of aryl methyl sites for hydroxylation is 1. The molecule has 0 aliphatic rings. The van der Waals surface area contributed by atoms with Gasteiger partial charge < -0.3 is 5.32 Å². The zero-order chi connectivity index (χ0) is 13.1. The van der Waals surface area contributed by atoms with Gasteiger partial charge in [0.1, 0.15) is 0 Å². The third-order valence-corrected chi connectivity index (χ3v) is 3.57. The standard InChI is InChI=1S/C14H18BrN3/c1-10(12-5-4-6-14(15)7-12)17-11(2)13-8-16-18(3)9-13/h4-11,17H,1-3H3/t10-,11?/m1/s1. The highest BCUT2D eigenvalue weighted by atomic mass is 79.9. The lowest BCUT2D eigenvalue weighted by molar-refractivity contribution is 0.494. The molecule has 2 aromatic rings. The second-order valence-electron chi connectivity index (χ2n) is 4.61. The normalized spacial score (nSPS) is 14.4. The van der Waals surface area contributed by atoms with Gasteiger partial charge in [-0.2, -0.15) is 5.10 Å². The lowest BCUT2D eigenvalue weighted by Crippen LogP contribution is -2.22. The summed E-state index contributed by atoms with van der Waals surface area (Å²) in [6.45, 7) is 4.33. The van der Waals surface area contributed by atoms with Crippen LogP contribution in [0.3, 0.4) is 0 Å². The van der Waals surface area contributed by atoms with Crippen molar-refractivity contribution < 1.29 is 0 Å². The molecule has 0 aliphatic carbocycles. The predicted molar refractivity (Wildman–Crippen MR) is 77.3 cm³/mol. The number of rotatable bonds is 4. The van der Waals surface area contributed by atoms with Crippen molar-refractivity contribution in [1.29, 1.82) is 0 Å². The number of nitrogens with one attached hydrogen (secondary N) is 1. The minimum absolute atomic E-state index is 0.285. The Morgan fingerprint density at radius 1 is 1.22 bits per heavy atom. The number of nitrogens with zero attached hydrogens (tertiary/aromatic N) is 2. The lowest BCUT2D eigenvalue weighted by atomic mass is 10.1. The third-order valence-electron chi connectivity index (χ3n) is 3.07. The van der Waals surface area contributed by atoms with Crippen LogP contribution in [-0.2, 0) is 7.05 Å². The molecule has 18 heavy (non-hydrogen) atoms. The fourth-order valence-electron chi connectivity index (χ4n) is 2.01. The maximum absolute atomic E-state index is 4.20. The molecule has 0 radical (unpaired) electrons. The summed E-state index contributed by atoms with van der Waals surface area (Å²) >= 11 is 3.50. The Morgan fingerprint density at radius 3 is 2.56 bits per heavy atom. The smallest absolute Gasteiger partial charge is 0.0537 e. The Kier molecular flexibility index (Phi) is 4.19. The molecule has 0 saturated carbocycles. The molecule has 1 unspecified atom stereocenters. The topological polar surface area (TPSA) is 29.9 Å². The number of halogens is 1. The summed E-state index contributed by atoms with van der Waals surface area (Å²) in [5.74, 6) is 0. The van der Waals surface area contributed by atoms with Gasteiger partial charge in [-0.25, -0.2) is 0 Å². The van der Waals surface area contributed by atoms with Gasteiger partial charge in [0.25, 0.3) is 0 Å². The maximum atomic E-state index is 4.20. The molecule has 0 amide bonds. The largest absolute Gasteiger partial charge is 0.304 e. The van der Waals surface area contributed by atoms with E-state index in [4.69, 9.17) is 0 Å². The van der Waals surface area contributed by atoms with Gasteiger partial charge in [0, 0.05) is 35.4 Å². The first kappa shape index (κ1) is 13.3. The van der Waals surface area contributed by atoms with Crippen LogP contribution in [-0.4, -0.2) is 9.78 Å². The molecule has 1 heterocycles. The van der Waals surface area contributed by atoms with Crippen LogP contribution < -0.4 is 5.32 Å². The van der Waals surface area contributed by atoms with Crippen LogP contribution in [0.4, 0.5) is 0 Å². The van der Waals surface area contributed by atoms with Gasteiger partial charge in [-0.15, -0.1) is 0 Å². The van der Waals surface area contributed by atoms with Crippen molar-refractivity contribution in [1.82, 2.24) is 15.1 Å². The molecule has 1 aromatic heterocycles. The average Bonchev–Trinajstić information content (AvgIpc) is 2.76. The molecule has 3 nitrogen and oxygen atoms in total. The molecule has 0 bridgehead atoms. The number of aromatic nitrogens is 2. The Balaban J connectivity index is 2.05. The Hall–Kier alpha value is -1.13. The van der Waals surface area contributed by atoms with E-state index in [1.54, 1.807) is 0 Å². The van der Waals surface area contributed by atoms with Gasteiger partial charge >= 0.3 is 0 Å². The summed E-state index contributed by atoms with van der Waals surface area (Å²) < 4.78 is 2.94. The molecule has 0 spiro atoms. The monoisotopic (exact) mass is 307 g/mol. The predicted octanol–water partition coefficient (Wildman–Crippen LogP) is 3.59. The van der Waals surface area contributed by atoms with Crippen molar-refractivity contribution in [2.24, 2.45) is 7.05 Å². The molecule has 2 rings (SSSR count). The maximum Gasteiger partial charge on any atom is 0.0537 e. The quantitative estimate of drug-likeness (QED) is 0.935. The second kappa shape index (κ2) is 5.67. The molecule has 0 aliphatic heterocycles. The lowest BCUT2D eigenvalue weighted by Gasteiger charge is -2.19. The van der Waals surface area contributed by atoms with Crippen molar-refractivity contribution in [3.05, 3.63) is 52.3 Å². The van der Waals surface area contributed by atoms with Crippen molar-refractivity contribution in [2.45, 2.75) is 25.9 Å². The molecular formula is C14H18BrN3. The first-order valence-corrected chi connectivity index (χ1v) is 6.85. The summed E-state index contributed by atoms with van der Waals surface area (Å²) in [6.07, 6.45) is 3.95. The summed E-state index contributed by atoms with van der Waals surface area (Å²) in [6, 6.07) is 8.98. The number of hydrogen-bond acceptors (Lipinski definition) is 2. The number of benzene rings is 1. The van der Waals surface area contributed by atoms with Crippen LogP contribution in [0.2, 0.25) is 0 Å². The molecule has 96 valence electrons. The third kappa shape index (κ3) is 3.21. The van der Waals surface area contributed by atoms with E-state index in [0.717, 1.165) is 4.47 Å². The van der Waals surface area contributed by atoms with E-state index in [-0.39, 0.29) is 6.04 Å². The molecule has 4 heteroatoms. The zero-order valence-corrected chi connectivity index (χ0v) is 12.5. The summed E-state index contributed by atoms with van der Waals surface area (Å²) in [5.41, 5.74) is 2.49. The Labute approximate surface area is 116 Å². The van der Waals surface area contributed by atoms with Crippen LogP contribution in [0.25, 0.3) is 0 Å². The molecular weight excluding hydrogens is 290 g/mol. The zero-order valence-electron chi connectivity index (χ0n) is 10.9. The van der Waals surface area contributed by atoms with Crippen LogP contribution in [0, 0.1) is 0 Å². The first-order valence-electron chi connectivity index (χ1n) is 6.06. The fraction of sp³-hybridized carbons (Fsp3) is 0.357. The Morgan fingerprint density at radius 2 is 1.94 bits per heavy atom. The SMILES string of the molecule is CC(N[C@H](C)c1cccc(Br)c1)c1cnn(C)c1. The molecule has 1 aromatic carbocycles. The van der Waals surface area contributed by atoms with Gasteiger partial charge in [-0.1, -0.05) is 28.1 Å². The average molecular weight is 308 g/mol. The van der Waals surface area contributed by atoms with Crippen LogP contribution in [0.5, 0.6) is 0 Å².